The lowest BCUT2D eigenvalue weighted by Crippen LogP contribution is -2.45. The molecular weight excluding hydrogens is 309 g/mol. The molecule has 2 saturated heterocycles. The minimum atomic E-state index is -3.00. The number of carbonyl (C=O) groups excluding carboxylic acids is 2. The number of alkyl halides is 2. The fraction of sp³-hybridized carbons (Fsp3) is 0.500. The lowest BCUT2D eigenvalue weighted by molar-refractivity contribution is -0.134. The molecule has 0 aromatic heterocycles. The lowest BCUT2D eigenvalue weighted by Gasteiger charge is -2.32. The molecule has 2 unspecified atom stereocenters. The summed E-state index contributed by atoms with van der Waals surface area (Å²) in [7, 11) is 0. The summed E-state index contributed by atoms with van der Waals surface area (Å²) in [4.78, 5) is 23.0. The summed E-state index contributed by atoms with van der Waals surface area (Å²) in [5.41, 5.74) is 0.390. The van der Waals surface area contributed by atoms with Gasteiger partial charge >= 0.3 is 0 Å². The second-order valence-electron chi connectivity index (χ2n) is 6.06. The maximum absolute atomic E-state index is 14.4. The molecule has 2 amide bonds. The highest BCUT2D eigenvalue weighted by Crippen LogP contribution is 2.39. The Labute approximate surface area is 131 Å². The van der Waals surface area contributed by atoms with Crippen LogP contribution in [0.5, 0.6) is 0 Å². The van der Waals surface area contributed by atoms with Gasteiger partial charge in [0.15, 0.2) is 0 Å². The first-order chi connectivity index (χ1) is 10.9. The van der Waals surface area contributed by atoms with Crippen LogP contribution < -0.4 is 10.6 Å². The van der Waals surface area contributed by atoms with Crippen molar-refractivity contribution in [1.29, 1.82) is 0 Å². The quantitative estimate of drug-likeness (QED) is 0.818. The summed E-state index contributed by atoms with van der Waals surface area (Å²) in [5.74, 6) is -6.34. The summed E-state index contributed by atoms with van der Waals surface area (Å²) < 4.78 is 42.3. The minimum absolute atomic E-state index is 0.0208. The molecule has 4 nitrogen and oxygen atoms in total. The summed E-state index contributed by atoms with van der Waals surface area (Å²) in [5, 5.41) is 4.82. The SMILES string of the molecule is O=C1CCC(c2ccc(C3CCNCC3(F)F)c(F)c2)C(=O)N1. The van der Waals surface area contributed by atoms with Crippen LogP contribution in [0, 0.1) is 5.82 Å². The monoisotopic (exact) mass is 326 g/mol. The number of piperidine rings is 2. The van der Waals surface area contributed by atoms with Crippen LogP contribution in [0.15, 0.2) is 18.2 Å². The van der Waals surface area contributed by atoms with Crippen LogP contribution in [0.4, 0.5) is 13.2 Å². The molecule has 7 heteroatoms. The summed E-state index contributed by atoms with van der Waals surface area (Å²) in [6.45, 7) is -0.0550. The van der Waals surface area contributed by atoms with Gasteiger partial charge in [-0.2, -0.15) is 0 Å². The first-order valence-corrected chi connectivity index (χ1v) is 7.60. The molecule has 0 aliphatic carbocycles. The van der Waals surface area contributed by atoms with Gasteiger partial charge in [0, 0.05) is 6.42 Å². The van der Waals surface area contributed by atoms with Crippen LogP contribution in [0.25, 0.3) is 0 Å². The van der Waals surface area contributed by atoms with Crippen LogP contribution in [0.2, 0.25) is 0 Å². The molecule has 0 radical (unpaired) electrons. The number of nitrogens with one attached hydrogen (secondary N) is 2. The van der Waals surface area contributed by atoms with Gasteiger partial charge in [-0.15, -0.1) is 0 Å². The average molecular weight is 326 g/mol. The van der Waals surface area contributed by atoms with Gasteiger partial charge in [-0.25, -0.2) is 13.2 Å². The van der Waals surface area contributed by atoms with E-state index in [1.165, 1.54) is 12.1 Å². The number of hydrogen-bond donors (Lipinski definition) is 2. The zero-order valence-corrected chi connectivity index (χ0v) is 12.4. The van der Waals surface area contributed by atoms with Crippen molar-refractivity contribution < 1.29 is 22.8 Å². The Balaban J connectivity index is 1.86. The van der Waals surface area contributed by atoms with E-state index in [2.05, 4.69) is 10.6 Å². The van der Waals surface area contributed by atoms with Gasteiger partial charge in [0.25, 0.3) is 5.92 Å². The Morgan fingerprint density at radius 2 is 1.96 bits per heavy atom. The van der Waals surface area contributed by atoms with E-state index in [9.17, 15) is 22.8 Å². The topological polar surface area (TPSA) is 58.2 Å². The molecule has 1 aromatic carbocycles. The number of imide groups is 1. The van der Waals surface area contributed by atoms with Gasteiger partial charge in [-0.1, -0.05) is 12.1 Å². The van der Waals surface area contributed by atoms with Crippen LogP contribution >= 0.6 is 0 Å². The normalized spacial score (nSPS) is 27.6. The van der Waals surface area contributed by atoms with Crippen LogP contribution in [-0.2, 0) is 9.59 Å². The first-order valence-electron chi connectivity index (χ1n) is 7.60. The maximum atomic E-state index is 14.4. The molecule has 23 heavy (non-hydrogen) atoms. The Bertz CT molecular complexity index is 648. The molecule has 124 valence electrons. The van der Waals surface area contributed by atoms with Crippen molar-refractivity contribution in [3.8, 4) is 0 Å². The molecule has 2 aliphatic rings. The molecule has 3 rings (SSSR count). The van der Waals surface area contributed by atoms with Gasteiger partial charge in [0.2, 0.25) is 11.8 Å². The summed E-state index contributed by atoms with van der Waals surface area (Å²) in [6.07, 6.45) is 0.640. The highest BCUT2D eigenvalue weighted by molar-refractivity contribution is 6.00. The van der Waals surface area contributed by atoms with Crippen LogP contribution in [-0.4, -0.2) is 30.8 Å². The van der Waals surface area contributed by atoms with Crippen molar-refractivity contribution in [3.05, 3.63) is 35.1 Å². The second kappa shape index (κ2) is 5.96. The van der Waals surface area contributed by atoms with Crippen molar-refractivity contribution in [2.24, 2.45) is 0 Å². The van der Waals surface area contributed by atoms with E-state index in [1.54, 1.807) is 0 Å². The van der Waals surface area contributed by atoms with Crippen LogP contribution in [0.1, 0.15) is 42.2 Å². The molecule has 2 heterocycles. The zero-order chi connectivity index (χ0) is 16.6. The third kappa shape index (κ3) is 3.10. The maximum Gasteiger partial charge on any atom is 0.267 e. The van der Waals surface area contributed by atoms with Gasteiger partial charge < -0.3 is 5.32 Å². The number of benzene rings is 1. The largest absolute Gasteiger partial charge is 0.311 e. The number of amides is 2. The van der Waals surface area contributed by atoms with E-state index < -0.39 is 36.0 Å². The summed E-state index contributed by atoms with van der Waals surface area (Å²) in [6, 6.07) is 4.00. The molecule has 2 N–H and O–H groups in total. The molecule has 0 spiro atoms. The molecule has 0 saturated carbocycles. The predicted molar refractivity (Wildman–Crippen MR) is 76.7 cm³/mol. The van der Waals surface area contributed by atoms with Crippen molar-refractivity contribution in [3.63, 3.8) is 0 Å². The van der Waals surface area contributed by atoms with Gasteiger partial charge in [0.1, 0.15) is 5.82 Å². The van der Waals surface area contributed by atoms with Gasteiger partial charge in [0.05, 0.1) is 18.4 Å². The number of halogens is 3. The molecule has 2 aliphatic heterocycles. The summed E-state index contributed by atoms with van der Waals surface area (Å²) >= 11 is 0. The van der Waals surface area contributed by atoms with E-state index in [4.69, 9.17) is 0 Å². The molecular formula is C16H17F3N2O2. The Hall–Kier alpha value is -1.89. The van der Waals surface area contributed by atoms with Crippen molar-refractivity contribution in [1.82, 2.24) is 10.6 Å². The highest BCUT2D eigenvalue weighted by Gasteiger charge is 2.43. The van der Waals surface area contributed by atoms with Crippen molar-refractivity contribution in [2.75, 3.05) is 13.1 Å². The highest BCUT2D eigenvalue weighted by atomic mass is 19.3. The Kier molecular flexibility index (Phi) is 4.14. The molecule has 1 aromatic rings. The van der Waals surface area contributed by atoms with E-state index in [0.29, 0.717) is 18.5 Å². The first kappa shape index (κ1) is 16.0. The lowest BCUT2D eigenvalue weighted by atomic mass is 9.84. The smallest absolute Gasteiger partial charge is 0.267 e. The fourth-order valence-corrected chi connectivity index (χ4v) is 3.27. The van der Waals surface area contributed by atoms with E-state index >= 15 is 0 Å². The van der Waals surface area contributed by atoms with E-state index in [-0.39, 0.29) is 24.3 Å². The Morgan fingerprint density at radius 1 is 1.17 bits per heavy atom. The van der Waals surface area contributed by atoms with Crippen LogP contribution in [0.3, 0.4) is 0 Å². The van der Waals surface area contributed by atoms with Gasteiger partial charge in [-0.05, 0) is 36.6 Å². The van der Waals surface area contributed by atoms with Crippen molar-refractivity contribution in [2.45, 2.75) is 37.0 Å². The van der Waals surface area contributed by atoms with Gasteiger partial charge in [-0.3, -0.25) is 14.9 Å². The molecule has 0 bridgehead atoms. The van der Waals surface area contributed by atoms with E-state index in [0.717, 1.165) is 6.07 Å². The third-order valence-electron chi connectivity index (χ3n) is 4.52. The minimum Gasteiger partial charge on any atom is -0.311 e. The number of carbonyl (C=O) groups is 2. The number of hydrogen-bond acceptors (Lipinski definition) is 3. The standard InChI is InChI=1S/C16H17F3N2O2/c17-13-7-9(10-3-4-14(22)21-15(10)23)1-2-11(13)12-5-6-20-8-16(12,18)19/h1-2,7,10,12,20H,3-6,8H2,(H,21,22,23). The zero-order valence-electron chi connectivity index (χ0n) is 12.4. The van der Waals surface area contributed by atoms with E-state index in [1.807, 2.05) is 0 Å². The predicted octanol–water partition coefficient (Wildman–Crippen LogP) is 2.06. The fourth-order valence-electron chi connectivity index (χ4n) is 3.27. The third-order valence-corrected chi connectivity index (χ3v) is 4.52. The Morgan fingerprint density at radius 3 is 2.61 bits per heavy atom. The average Bonchev–Trinajstić information content (AvgIpc) is 2.47. The molecule has 2 fully saturated rings. The van der Waals surface area contributed by atoms with Crippen molar-refractivity contribution >= 4 is 11.8 Å². The number of rotatable bonds is 2. The second-order valence-corrected chi connectivity index (χ2v) is 6.06. The molecule has 2 atom stereocenters.